The number of likely N-dealkylation sites (tertiary alicyclic amines) is 1. The first-order valence-corrected chi connectivity index (χ1v) is 10.4. The highest BCUT2D eigenvalue weighted by atomic mass is 16.2. The van der Waals surface area contributed by atoms with Crippen molar-refractivity contribution in [2.75, 3.05) is 13.1 Å². The van der Waals surface area contributed by atoms with Gasteiger partial charge < -0.3 is 4.90 Å². The third-order valence-electron chi connectivity index (χ3n) is 6.07. The van der Waals surface area contributed by atoms with E-state index in [4.69, 9.17) is 4.98 Å². The molecule has 5 heteroatoms. The summed E-state index contributed by atoms with van der Waals surface area (Å²) >= 11 is 0. The number of rotatable bonds is 3. The average Bonchev–Trinajstić information content (AvgIpc) is 3.49. The number of nitrogens with zero attached hydrogens (tertiary/aromatic N) is 4. The highest BCUT2D eigenvalue weighted by Crippen LogP contribution is 2.38. The Morgan fingerprint density at radius 2 is 1.90 bits per heavy atom. The molecule has 1 aliphatic carbocycles. The van der Waals surface area contributed by atoms with E-state index in [-0.39, 0.29) is 11.3 Å². The monoisotopic (exact) mass is 386 g/mol. The van der Waals surface area contributed by atoms with Gasteiger partial charge in [-0.05, 0) is 49.8 Å². The predicted molar refractivity (Wildman–Crippen MR) is 114 cm³/mol. The second-order valence-corrected chi connectivity index (χ2v) is 9.32. The molecule has 0 radical (unpaired) electrons. The van der Waals surface area contributed by atoms with Gasteiger partial charge in [0.15, 0.2) is 0 Å². The van der Waals surface area contributed by atoms with Crippen LogP contribution in [0.4, 0.5) is 0 Å². The fourth-order valence-electron chi connectivity index (χ4n) is 4.14. The second-order valence-electron chi connectivity index (χ2n) is 9.32. The van der Waals surface area contributed by atoms with Gasteiger partial charge in [-0.3, -0.25) is 4.79 Å². The Labute approximate surface area is 171 Å². The fourth-order valence-corrected chi connectivity index (χ4v) is 4.14. The standard InChI is InChI=1S/C24H26N4O/c1-15-4-7-20-18(10-15)19(23(29)28-9-8-24(2,3)14-28)11-21(27-20)17-12-25-22(26-13-17)16-5-6-16/h4,7,10-13,16H,5-6,8-9,14H2,1-3H3. The van der Waals surface area contributed by atoms with Crippen molar-refractivity contribution in [1.82, 2.24) is 19.9 Å². The predicted octanol–water partition coefficient (Wildman–Crippen LogP) is 4.75. The van der Waals surface area contributed by atoms with Gasteiger partial charge in [-0.2, -0.15) is 0 Å². The van der Waals surface area contributed by atoms with Crippen LogP contribution in [0.25, 0.3) is 22.2 Å². The summed E-state index contributed by atoms with van der Waals surface area (Å²) in [4.78, 5) is 29.3. The summed E-state index contributed by atoms with van der Waals surface area (Å²) in [6, 6.07) is 8.02. The quantitative estimate of drug-likeness (QED) is 0.652. The highest BCUT2D eigenvalue weighted by Gasteiger charge is 2.33. The van der Waals surface area contributed by atoms with E-state index in [1.54, 1.807) is 0 Å². The van der Waals surface area contributed by atoms with E-state index in [0.717, 1.165) is 58.6 Å². The van der Waals surface area contributed by atoms with E-state index in [2.05, 4.69) is 29.9 Å². The van der Waals surface area contributed by atoms with Gasteiger partial charge in [0.05, 0.1) is 16.8 Å². The highest BCUT2D eigenvalue weighted by molar-refractivity contribution is 6.07. The minimum absolute atomic E-state index is 0.0883. The molecule has 0 atom stereocenters. The van der Waals surface area contributed by atoms with E-state index in [1.807, 2.05) is 42.4 Å². The van der Waals surface area contributed by atoms with Crippen LogP contribution in [0.1, 0.15) is 60.8 Å². The first-order valence-electron chi connectivity index (χ1n) is 10.4. The molecule has 5 nitrogen and oxygen atoms in total. The van der Waals surface area contributed by atoms with Gasteiger partial charge in [-0.25, -0.2) is 15.0 Å². The van der Waals surface area contributed by atoms with Crippen LogP contribution >= 0.6 is 0 Å². The zero-order valence-electron chi connectivity index (χ0n) is 17.3. The van der Waals surface area contributed by atoms with Crippen LogP contribution in [0, 0.1) is 12.3 Å². The topological polar surface area (TPSA) is 59.0 Å². The molecule has 2 aromatic heterocycles. The van der Waals surface area contributed by atoms with Gasteiger partial charge >= 0.3 is 0 Å². The molecular formula is C24H26N4O. The molecule has 1 saturated carbocycles. The van der Waals surface area contributed by atoms with Gasteiger partial charge in [-0.15, -0.1) is 0 Å². The lowest BCUT2D eigenvalue weighted by Gasteiger charge is -2.21. The number of carbonyl (C=O) groups is 1. The van der Waals surface area contributed by atoms with Crippen LogP contribution in [-0.2, 0) is 0 Å². The molecule has 2 aliphatic rings. The number of hydrogen-bond acceptors (Lipinski definition) is 4. The Kier molecular flexibility index (Phi) is 4.16. The van der Waals surface area contributed by atoms with Gasteiger partial charge in [0, 0.05) is 42.4 Å². The Morgan fingerprint density at radius 3 is 2.55 bits per heavy atom. The van der Waals surface area contributed by atoms with Crippen LogP contribution in [0.2, 0.25) is 0 Å². The summed E-state index contributed by atoms with van der Waals surface area (Å²) in [5.74, 6) is 1.53. The molecule has 1 aliphatic heterocycles. The Hall–Kier alpha value is -2.82. The van der Waals surface area contributed by atoms with Crippen LogP contribution < -0.4 is 0 Å². The van der Waals surface area contributed by atoms with Crippen molar-refractivity contribution in [3.63, 3.8) is 0 Å². The van der Waals surface area contributed by atoms with Crippen molar-refractivity contribution < 1.29 is 4.79 Å². The normalized spacial score (nSPS) is 18.4. The molecule has 5 rings (SSSR count). The molecule has 148 valence electrons. The first-order chi connectivity index (χ1) is 13.9. The van der Waals surface area contributed by atoms with Crippen molar-refractivity contribution in [3.8, 4) is 11.3 Å². The number of pyridine rings is 1. The lowest BCUT2D eigenvalue weighted by Crippen LogP contribution is -2.30. The largest absolute Gasteiger partial charge is 0.338 e. The Morgan fingerprint density at radius 1 is 1.14 bits per heavy atom. The van der Waals surface area contributed by atoms with E-state index in [1.165, 1.54) is 12.8 Å². The van der Waals surface area contributed by atoms with E-state index in [9.17, 15) is 4.79 Å². The summed E-state index contributed by atoms with van der Waals surface area (Å²) in [7, 11) is 0. The molecule has 1 amide bonds. The molecule has 1 saturated heterocycles. The SMILES string of the molecule is Cc1ccc2nc(-c3cnc(C4CC4)nc3)cc(C(=O)N3CCC(C)(C)C3)c2c1. The van der Waals surface area contributed by atoms with Crippen LogP contribution in [0.5, 0.6) is 0 Å². The number of carbonyl (C=O) groups excluding carboxylic acids is 1. The van der Waals surface area contributed by atoms with Crippen LogP contribution in [0.3, 0.4) is 0 Å². The summed E-state index contributed by atoms with van der Waals surface area (Å²) in [5.41, 5.74) is 4.46. The number of hydrogen-bond donors (Lipinski definition) is 0. The van der Waals surface area contributed by atoms with Crippen molar-refractivity contribution in [2.24, 2.45) is 5.41 Å². The summed E-state index contributed by atoms with van der Waals surface area (Å²) in [6.07, 6.45) is 7.08. The van der Waals surface area contributed by atoms with E-state index in [0.29, 0.717) is 5.92 Å². The molecular weight excluding hydrogens is 360 g/mol. The maximum Gasteiger partial charge on any atom is 0.254 e. The van der Waals surface area contributed by atoms with Crippen LogP contribution in [0.15, 0.2) is 36.7 Å². The first kappa shape index (κ1) is 18.2. The molecule has 0 spiro atoms. The smallest absolute Gasteiger partial charge is 0.254 e. The summed E-state index contributed by atoms with van der Waals surface area (Å²) in [6.45, 7) is 8.08. The van der Waals surface area contributed by atoms with Gasteiger partial charge in [0.25, 0.3) is 5.91 Å². The second kappa shape index (κ2) is 6.61. The van der Waals surface area contributed by atoms with E-state index >= 15 is 0 Å². The van der Waals surface area contributed by atoms with Gasteiger partial charge in [-0.1, -0.05) is 25.5 Å². The molecule has 2 fully saturated rings. The lowest BCUT2D eigenvalue weighted by atomic mass is 9.93. The van der Waals surface area contributed by atoms with Gasteiger partial charge in [0.1, 0.15) is 5.82 Å². The number of aromatic nitrogens is 3. The van der Waals surface area contributed by atoms with Crippen molar-refractivity contribution in [1.29, 1.82) is 0 Å². The molecule has 0 unspecified atom stereocenters. The fraction of sp³-hybridized carbons (Fsp3) is 0.417. The minimum atomic E-state index is 0.0883. The Bertz CT molecular complexity index is 1100. The molecule has 0 bridgehead atoms. The maximum atomic E-state index is 13.5. The van der Waals surface area contributed by atoms with Gasteiger partial charge in [0.2, 0.25) is 0 Å². The zero-order valence-corrected chi connectivity index (χ0v) is 17.3. The number of aryl methyl sites for hydroxylation is 1. The Balaban J connectivity index is 1.59. The molecule has 1 aromatic carbocycles. The number of fused-ring (bicyclic) bond motifs is 1. The van der Waals surface area contributed by atoms with Crippen LogP contribution in [-0.4, -0.2) is 38.8 Å². The average molecular weight is 386 g/mol. The van der Waals surface area contributed by atoms with Crippen molar-refractivity contribution in [2.45, 2.75) is 46.0 Å². The van der Waals surface area contributed by atoms with Crippen molar-refractivity contribution in [3.05, 3.63) is 53.6 Å². The summed E-state index contributed by atoms with van der Waals surface area (Å²) < 4.78 is 0. The third-order valence-corrected chi connectivity index (χ3v) is 6.07. The van der Waals surface area contributed by atoms with E-state index < -0.39 is 0 Å². The molecule has 0 N–H and O–H groups in total. The molecule has 3 aromatic rings. The molecule has 29 heavy (non-hydrogen) atoms. The zero-order chi connectivity index (χ0) is 20.2. The maximum absolute atomic E-state index is 13.5. The minimum Gasteiger partial charge on any atom is -0.338 e. The number of amides is 1. The molecule has 3 heterocycles. The summed E-state index contributed by atoms with van der Waals surface area (Å²) in [5, 5.41) is 0.916. The third kappa shape index (κ3) is 3.50. The lowest BCUT2D eigenvalue weighted by molar-refractivity contribution is 0.0780. The number of benzene rings is 1. The van der Waals surface area contributed by atoms with Crippen molar-refractivity contribution >= 4 is 16.8 Å².